The van der Waals surface area contributed by atoms with Crippen molar-refractivity contribution in [2.24, 2.45) is 5.41 Å². The van der Waals surface area contributed by atoms with Gasteiger partial charge < -0.3 is 5.32 Å². The van der Waals surface area contributed by atoms with Gasteiger partial charge in [-0.3, -0.25) is 0 Å². The third kappa shape index (κ3) is 3.71. The predicted octanol–water partition coefficient (Wildman–Crippen LogP) is 3.83. The fourth-order valence-electron chi connectivity index (χ4n) is 1.20. The van der Waals surface area contributed by atoms with Gasteiger partial charge >= 0.3 is 0 Å². The molecule has 0 bridgehead atoms. The van der Waals surface area contributed by atoms with Crippen molar-refractivity contribution >= 4 is 17.3 Å². The largest absolute Gasteiger partial charge is 0.384 e. The lowest BCUT2D eigenvalue weighted by atomic mass is 9.91. The van der Waals surface area contributed by atoms with Crippen molar-refractivity contribution in [3.63, 3.8) is 0 Å². The molecule has 0 aromatic heterocycles. The molecule has 0 saturated heterocycles. The highest BCUT2D eigenvalue weighted by Gasteiger charge is 2.15. The molecule has 0 radical (unpaired) electrons. The second kappa shape index (κ2) is 5.18. The van der Waals surface area contributed by atoms with Gasteiger partial charge in [-0.1, -0.05) is 11.6 Å². The van der Waals surface area contributed by atoms with Gasteiger partial charge in [0.1, 0.15) is 5.82 Å². The molecular weight excluding hydrogens is 227 g/mol. The lowest BCUT2D eigenvalue weighted by Gasteiger charge is -2.16. The molecule has 0 heterocycles. The first kappa shape index (κ1) is 12.8. The molecule has 0 aliphatic heterocycles. The maximum Gasteiger partial charge on any atom is 0.125 e. The van der Waals surface area contributed by atoms with Crippen LogP contribution in [0.4, 0.5) is 10.1 Å². The summed E-state index contributed by atoms with van der Waals surface area (Å²) in [4.78, 5) is 0. The molecule has 0 unspecified atom stereocenters. The Morgan fingerprint density at radius 1 is 1.50 bits per heavy atom. The van der Waals surface area contributed by atoms with E-state index in [9.17, 15) is 4.39 Å². The molecule has 86 valence electrons. The van der Waals surface area contributed by atoms with Gasteiger partial charge in [-0.25, -0.2) is 4.39 Å². The summed E-state index contributed by atoms with van der Waals surface area (Å²) >= 11 is 5.89. The van der Waals surface area contributed by atoms with Crippen molar-refractivity contribution in [2.45, 2.75) is 20.3 Å². The van der Waals surface area contributed by atoms with E-state index >= 15 is 0 Å². The quantitative estimate of drug-likeness (QED) is 0.868. The van der Waals surface area contributed by atoms with Crippen molar-refractivity contribution in [1.29, 1.82) is 5.26 Å². The van der Waals surface area contributed by atoms with Gasteiger partial charge in [0, 0.05) is 6.54 Å². The summed E-state index contributed by atoms with van der Waals surface area (Å²) in [6.07, 6.45) is 0.677. The van der Waals surface area contributed by atoms with Crippen LogP contribution in [0.1, 0.15) is 20.3 Å². The second-order valence-electron chi connectivity index (χ2n) is 4.30. The summed E-state index contributed by atoms with van der Waals surface area (Å²) in [7, 11) is 0. The highest BCUT2D eigenvalue weighted by Crippen LogP contribution is 2.24. The molecule has 4 heteroatoms. The number of hydrogen-bond donors (Lipinski definition) is 1. The average molecular weight is 241 g/mol. The first-order valence-corrected chi connectivity index (χ1v) is 5.42. The van der Waals surface area contributed by atoms with Gasteiger partial charge in [-0.05, 0) is 38.5 Å². The lowest BCUT2D eigenvalue weighted by Crippen LogP contribution is -2.14. The number of nitriles is 1. The van der Waals surface area contributed by atoms with Crippen molar-refractivity contribution < 1.29 is 4.39 Å². The Labute approximate surface area is 100 Å². The van der Waals surface area contributed by atoms with Crippen LogP contribution < -0.4 is 5.32 Å². The van der Waals surface area contributed by atoms with Gasteiger partial charge in [0.25, 0.3) is 0 Å². The third-order valence-corrected chi connectivity index (χ3v) is 2.63. The molecule has 1 aromatic carbocycles. The van der Waals surface area contributed by atoms with Crippen molar-refractivity contribution in [1.82, 2.24) is 0 Å². The minimum atomic E-state index is -0.382. The van der Waals surface area contributed by atoms with E-state index in [0.29, 0.717) is 23.7 Å². The number of anilines is 1. The Morgan fingerprint density at radius 3 is 2.81 bits per heavy atom. The number of nitrogens with one attached hydrogen (secondary N) is 1. The highest BCUT2D eigenvalue weighted by molar-refractivity contribution is 6.33. The topological polar surface area (TPSA) is 35.8 Å². The van der Waals surface area contributed by atoms with E-state index in [2.05, 4.69) is 11.4 Å². The molecule has 0 atom stereocenters. The normalized spacial score (nSPS) is 10.9. The number of hydrogen-bond acceptors (Lipinski definition) is 2. The molecule has 16 heavy (non-hydrogen) atoms. The number of rotatable bonds is 4. The number of nitrogens with zero attached hydrogens (tertiary/aromatic N) is 1. The Morgan fingerprint density at radius 2 is 2.19 bits per heavy atom. The van der Waals surface area contributed by atoms with Gasteiger partial charge in [0.2, 0.25) is 0 Å². The summed E-state index contributed by atoms with van der Waals surface area (Å²) in [5.74, 6) is -0.327. The van der Waals surface area contributed by atoms with Crippen LogP contribution in [0.3, 0.4) is 0 Å². The zero-order valence-corrected chi connectivity index (χ0v) is 10.1. The zero-order chi connectivity index (χ0) is 12.2. The van der Waals surface area contributed by atoms with Crippen molar-refractivity contribution in [3.8, 4) is 6.07 Å². The van der Waals surface area contributed by atoms with Crippen LogP contribution in [0.25, 0.3) is 0 Å². The van der Waals surface area contributed by atoms with E-state index in [0.717, 1.165) is 0 Å². The smallest absolute Gasteiger partial charge is 0.125 e. The van der Waals surface area contributed by atoms with Gasteiger partial charge in [-0.15, -0.1) is 0 Å². The van der Waals surface area contributed by atoms with E-state index < -0.39 is 0 Å². The van der Waals surface area contributed by atoms with Crippen LogP contribution in [0, 0.1) is 22.6 Å². The van der Waals surface area contributed by atoms with Crippen LogP contribution in [0.5, 0.6) is 0 Å². The Bertz CT molecular complexity index is 410. The van der Waals surface area contributed by atoms with Crippen LogP contribution >= 0.6 is 11.6 Å². The first-order chi connectivity index (χ1) is 7.44. The molecule has 0 saturated carbocycles. The molecule has 1 rings (SSSR count). The number of halogens is 2. The van der Waals surface area contributed by atoms with Gasteiger partial charge in [-0.2, -0.15) is 5.26 Å². The summed E-state index contributed by atoms with van der Waals surface area (Å²) in [5, 5.41) is 12.3. The highest BCUT2D eigenvalue weighted by atomic mass is 35.5. The minimum absolute atomic E-state index is 0.327. The average Bonchev–Trinajstić information content (AvgIpc) is 2.23. The van der Waals surface area contributed by atoms with E-state index in [-0.39, 0.29) is 11.2 Å². The summed E-state index contributed by atoms with van der Waals surface area (Å²) < 4.78 is 12.9. The van der Waals surface area contributed by atoms with Crippen LogP contribution in [-0.4, -0.2) is 6.54 Å². The van der Waals surface area contributed by atoms with Gasteiger partial charge in [0.15, 0.2) is 0 Å². The van der Waals surface area contributed by atoms with Crippen LogP contribution in [0.2, 0.25) is 5.02 Å². The lowest BCUT2D eigenvalue weighted by molar-refractivity contribution is 0.466. The van der Waals surface area contributed by atoms with Crippen molar-refractivity contribution in [2.75, 3.05) is 11.9 Å². The molecule has 1 N–H and O–H groups in total. The molecular formula is C12H14ClFN2. The molecule has 0 spiro atoms. The SMILES string of the molecule is CC(C)(C#N)CCNc1cc(F)ccc1Cl. The van der Waals surface area contributed by atoms with E-state index in [1.807, 2.05) is 13.8 Å². The fourth-order valence-corrected chi connectivity index (χ4v) is 1.38. The third-order valence-electron chi connectivity index (χ3n) is 2.30. The molecule has 1 aromatic rings. The zero-order valence-electron chi connectivity index (χ0n) is 9.35. The minimum Gasteiger partial charge on any atom is -0.384 e. The maximum absolute atomic E-state index is 12.9. The Kier molecular flexibility index (Phi) is 4.14. The predicted molar refractivity (Wildman–Crippen MR) is 63.9 cm³/mol. The summed E-state index contributed by atoms with van der Waals surface area (Å²) in [5.41, 5.74) is 0.183. The van der Waals surface area contributed by atoms with Crippen molar-refractivity contribution in [3.05, 3.63) is 29.0 Å². The molecule has 0 aliphatic carbocycles. The van der Waals surface area contributed by atoms with E-state index in [4.69, 9.17) is 16.9 Å². The van der Waals surface area contributed by atoms with Crippen LogP contribution in [-0.2, 0) is 0 Å². The fraction of sp³-hybridized carbons (Fsp3) is 0.417. The molecule has 0 fully saturated rings. The maximum atomic E-state index is 12.9. The molecule has 0 amide bonds. The molecule has 0 aliphatic rings. The van der Waals surface area contributed by atoms with Gasteiger partial charge in [0.05, 0.1) is 22.2 Å². The summed E-state index contributed by atoms with van der Waals surface area (Å²) in [6.45, 7) is 4.31. The standard InChI is InChI=1S/C12H14ClFN2/c1-12(2,8-15)5-6-16-11-7-9(14)3-4-10(11)13/h3-4,7,16H,5-6H2,1-2H3. The van der Waals surface area contributed by atoms with Crippen LogP contribution in [0.15, 0.2) is 18.2 Å². The Hall–Kier alpha value is -1.27. The summed E-state index contributed by atoms with van der Waals surface area (Å²) in [6, 6.07) is 6.38. The van der Waals surface area contributed by atoms with E-state index in [1.54, 1.807) is 0 Å². The Balaban J connectivity index is 2.56. The van der Waals surface area contributed by atoms with E-state index in [1.165, 1.54) is 18.2 Å². The monoisotopic (exact) mass is 240 g/mol. The number of benzene rings is 1. The molecule has 2 nitrogen and oxygen atoms in total. The second-order valence-corrected chi connectivity index (χ2v) is 4.70. The first-order valence-electron chi connectivity index (χ1n) is 5.05.